The average Bonchev–Trinajstić information content (AvgIpc) is 2.72. The van der Waals surface area contributed by atoms with Crippen LogP contribution in [0.3, 0.4) is 0 Å². The standard InChI is InChI=1S/C12H17N3O2/c1-5-6-7-8-17-11(16)10-9-15(14-13-10)12(2,3)4/h9H,7-8H2,1-4H3. The Morgan fingerprint density at radius 1 is 1.53 bits per heavy atom. The van der Waals surface area contributed by atoms with Crippen molar-refractivity contribution in [1.82, 2.24) is 15.0 Å². The molecule has 0 spiro atoms. The van der Waals surface area contributed by atoms with E-state index in [0.717, 1.165) is 0 Å². The maximum absolute atomic E-state index is 11.6. The number of ether oxygens (including phenoxy) is 1. The number of aromatic nitrogens is 3. The van der Waals surface area contributed by atoms with E-state index >= 15 is 0 Å². The van der Waals surface area contributed by atoms with Crippen molar-refractivity contribution >= 4 is 5.97 Å². The number of rotatable bonds is 3. The lowest BCUT2D eigenvalue weighted by Crippen LogP contribution is -2.22. The molecule has 1 rings (SSSR count). The highest BCUT2D eigenvalue weighted by Gasteiger charge is 2.18. The zero-order chi connectivity index (χ0) is 12.9. The predicted molar refractivity (Wildman–Crippen MR) is 63.4 cm³/mol. The minimum Gasteiger partial charge on any atom is -0.460 e. The van der Waals surface area contributed by atoms with E-state index in [1.807, 2.05) is 20.8 Å². The van der Waals surface area contributed by atoms with Gasteiger partial charge in [0.2, 0.25) is 0 Å². The van der Waals surface area contributed by atoms with Crippen molar-refractivity contribution < 1.29 is 9.53 Å². The van der Waals surface area contributed by atoms with Gasteiger partial charge in [-0.05, 0) is 27.7 Å². The molecule has 1 aromatic rings. The molecule has 0 N–H and O–H groups in total. The van der Waals surface area contributed by atoms with Gasteiger partial charge in [-0.25, -0.2) is 9.48 Å². The van der Waals surface area contributed by atoms with Gasteiger partial charge in [0.1, 0.15) is 6.61 Å². The van der Waals surface area contributed by atoms with Crippen molar-refractivity contribution in [2.45, 2.75) is 39.7 Å². The molecule has 5 nitrogen and oxygen atoms in total. The Morgan fingerprint density at radius 2 is 2.24 bits per heavy atom. The van der Waals surface area contributed by atoms with Crippen molar-refractivity contribution in [3.05, 3.63) is 11.9 Å². The Bertz CT molecular complexity index is 446. The quantitative estimate of drug-likeness (QED) is 0.453. The van der Waals surface area contributed by atoms with Crippen LogP contribution < -0.4 is 0 Å². The van der Waals surface area contributed by atoms with E-state index in [1.165, 1.54) is 0 Å². The zero-order valence-electron chi connectivity index (χ0n) is 10.6. The van der Waals surface area contributed by atoms with Crippen LogP contribution in [0.1, 0.15) is 44.6 Å². The highest BCUT2D eigenvalue weighted by molar-refractivity contribution is 5.86. The molecule has 1 heterocycles. The zero-order valence-corrected chi connectivity index (χ0v) is 10.6. The first-order valence-electron chi connectivity index (χ1n) is 5.44. The normalized spacial score (nSPS) is 10.6. The molecule has 0 saturated heterocycles. The first kappa shape index (κ1) is 13.2. The molecule has 0 amide bonds. The molecule has 17 heavy (non-hydrogen) atoms. The summed E-state index contributed by atoms with van der Waals surface area (Å²) in [6.07, 6.45) is 2.13. The fourth-order valence-electron chi connectivity index (χ4n) is 1.08. The number of nitrogens with zero attached hydrogens (tertiary/aromatic N) is 3. The number of hydrogen-bond donors (Lipinski definition) is 0. The van der Waals surface area contributed by atoms with Gasteiger partial charge in [0.25, 0.3) is 0 Å². The molecule has 0 radical (unpaired) electrons. The van der Waals surface area contributed by atoms with E-state index in [0.29, 0.717) is 6.42 Å². The van der Waals surface area contributed by atoms with Crippen molar-refractivity contribution in [1.29, 1.82) is 0 Å². The number of carbonyl (C=O) groups is 1. The van der Waals surface area contributed by atoms with Crippen LogP contribution in [0.25, 0.3) is 0 Å². The van der Waals surface area contributed by atoms with Crippen LogP contribution in [-0.4, -0.2) is 27.6 Å². The second kappa shape index (κ2) is 5.48. The second-order valence-corrected chi connectivity index (χ2v) is 4.53. The van der Waals surface area contributed by atoms with Gasteiger partial charge in [0, 0.05) is 6.42 Å². The summed E-state index contributed by atoms with van der Waals surface area (Å²) in [7, 11) is 0. The fourth-order valence-corrected chi connectivity index (χ4v) is 1.08. The summed E-state index contributed by atoms with van der Waals surface area (Å²) in [5, 5.41) is 7.67. The van der Waals surface area contributed by atoms with Crippen LogP contribution in [0.2, 0.25) is 0 Å². The Hall–Kier alpha value is -1.83. The summed E-state index contributed by atoms with van der Waals surface area (Å²) in [5.74, 6) is 5.09. The van der Waals surface area contributed by atoms with Gasteiger partial charge < -0.3 is 4.74 Å². The minimum atomic E-state index is -0.460. The lowest BCUT2D eigenvalue weighted by Gasteiger charge is -2.17. The third kappa shape index (κ3) is 3.91. The molecule has 5 heteroatoms. The topological polar surface area (TPSA) is 57.0 Å². The van der Waals surface area contributed by atoms with E-state index in [1.54, 1.807) is 17.8 Å². The molecule has 0 aliphatic carbocycles. The van der Waals surface area contributed by atoms with Gasteiger partial charge in [0.15, 0.2) is 5.69 Å². The lowest BCUT2D eigenvalue weighted by atomic mass is 10.1. The SMILES string of the molecule is CC#CCCOC(=O)c1cn(C(C)(C)C)nn1. The highest BCUT2D eigenvalue weighted by atomic mass is 16.5. The van der Waals surface area contributed by atoms with Gasteiger partial charge in [-0.1, -0.05) is 5.21 Å². The van der Waals surface area contributed by atoms with Gasteiger partial charge in [-0.15, -0.1) is 16.9 Å². The molecule has 92 valence electrons. The molecule has 1 aromatic heterocycles. The molecule has 0 atom stereocenters. The molecule has 0 bridgehead atoms. The molecule has 0 aliphatic heterocycles. The summed E-state index contributed by atoms with van der Waals surface area (Å²) in [6, 6.07) is 0. The van der Waals surface area contributed by atoms with Gasteiger partial charge in [-0.2, -0.15) is 0 Å². The smallest absolute Gasteiger partial charge is 0.360 e. The summed E-state index contributed by atoms with van der Waals surface area (Å²) >= 11 is 0. The minimum absolute atomic E-state index is 0.195. The Morgan fingerprint density at radius 3 is 2.76 bits per heavy atom. The molecule has 0 fully saturated rings. The van der Waals surface area contributed by atoms with Gasteiger partial charge >= 0.3 is 5.97 Å². The predicted octanol–water partition coefficient (Wildman–Crippen LogP) is 1.60. The fraction of sp³-hybridized carbons (Fsp3) is 0.583. The maximum atomic E-state index is 11.6. The number of carbonyl (C=O) groups excluding carboxylic acids is 1. The summed E-state index contributed by atoms with van der Waals surface area (Å²) in [6.45, 7) is 7.97. The maximum Gasteiger partial charge on any atom is 0.360 e. The second-order valence-electron chi connectivity index (χ2n) is 4.53. The Kier molecular flexibility index (Phi) is 4.27. The van der Waals surface area contributed by atoms with E-state index in [4.69, 9.17) is 4.74 Å². The van der Waals surface area contributed by atoms with Gasteiger partial charge in [-0.3, -0.25) is 0 Å². The molecule has 0 aromatic carbocycles. The Balaban J connectivity index is 2.57. The third-order valence-electron chi connectivity index (χ3n) is 2.03. The summed E-state index contributed by atoms with van der Waals surface area (Å²) < 4.78 is 6.63. The average molecular weight is 235 g/mol. The van der Waals surface area contributed by atoms with Crippen LogP contribution in [-0.2, 0) is 10.3 Å². The van der Waals surface area contributed by atoms with E-state index in [2.05, 4.69) is 22.2 Å². The lowest BCUT2D eigenvalue weighted by molar-refractivity contribution is 0.0506. The molecular formula is C12H17N3O2. The van der Waals surface area contributed by atoms with E-state index in [9.17, 15) is 4.79 Å². The monoisotopic (exact) mass is 235 g/mol. The van der Waals surface area contributed by atoms with Crippen molar-refractivity contribution in [2.24, 2.45) is 0 Å². The highest BCUT2D eigenvalue weighted by Crippen LogP contribution is 2.12. The molecule has 0 aliphatic rings. The summed E-state index contributed by atoms with van der Waals surface area (Å²) in [4.78, 5) is 11.6. The molecular weight excluding hydrogens is 218 g/mol. The Labute approximate surface area is 101 Å². The number of esters is 1. The summed E-state index contributed by atoms with van der Waals surface area (Å²) in [5.41, 5.74) is 0.0311. The first-order chi connectivity index (χ1) is 7.95. The van der Waals surface area contributed by atoms with Crippen LogP contribution in [0.4, 0.5) is 0 Å². The van der Waals surface area contributed by atoms with Crippen LogP contribution in [0.5, 0.6) is 0 Å². The molecule has 0 saturated carbocycles. The van der Waals surface area contributed by atoms with Crippen LogP contribution >= 0.6 is 0 Å². The molecule has 0 unspecified atom stereocenters. The van der Waals surface area contributed by atoms with Crippen LogP contribution in [0.15, 0.2) is 6.20 Å². The third-order valence-corrected chi connectivity index (χ3v) is 2.03. The van der Waals surface area contributed by atoms with Crippen molar-refractivity contribution in [2.75, 3.05) is 6.61 Å². The van der Waals surface area contributed by atoms with E-state index < -0.39 is 5.97 Å². The first-order valence-corrected chi connectivity index (χ1v) is 5.44. The van der Waals surface area contributed by atoms with Gasteiger partial charge in [0.05, 0.1) is 11.7 Å². The van der Waals surface area contributed by atoms with E-state index in [-0.39, 0.29) is 17.8 Å². The van der Waals surface area contributed by atoms with Crippen LogP contribution in [0, 0.1) is 11.8 Å². The largest absolute Gasteiger partial charge is 0.460 e. The van der Waals surface area contributed by atoms with Crippen molar-refractivity contribution in [3.63, 3.8) is 0 Å². The van der Waals surface area contributed by atoms with Crippen molar-refractivity contribution in [3.8, 4) is 11.8 Å². The number of hydrogen-bond acceptors (Lipinski definition) is 4.